The normalized spacial score (nSPS) is 17.3. The summed E-state index contributed by atoms with van der Waals surface area (Å²) in [6, 6.07) is 3.68. The van der Waals surface area contributed by atoms with Crippen molar-refractivity contribution in [2.24, 2.45) is 10.2 Å². The molecule has 0 aromatic heterocycles. The van der Waals surface area contributed by atoms with Crippen LogP contribution >= 0.6 is 0 Å². The third kappa shape index (κ3) is 6.69. The molecule has 9 nitrogen and oxygen atoms in total. The highest BCUT2D eigenvalue weighted by Crippen LogP contribution is 2.28. The Labute approximate surface area is 200 Å². The summed E-state index contributed by atoms with van der Waals surface area (Å²) in [5.74, 6) is 0.213. The van der Waals surface area contributed by atoms with Gasteiger partial charge in [-0.25, -0.2) is 4.79 Å². The highest BCUT2D eigenvalue weighted by Gasteiger charge is 2.25. The Kier molecular flexibility index (Phi) is 9.25. The molecule has 0 bridgehead atoms. The molecule has 0 spiro atoms. The van der Waals surface area contributed by atoms with Crippen molar-refractivity contribution in [3.05, 3.63) is 52.7 Å². The Morgan fingerprint density at radius 1 is 1.26 bits per heavy atom. The first-order valence-electron chi connectivity index (χ1n) is 11.7. The summed E-state index contributed by atoms with van der Waals surface area (Å²) in [5.41, 5.74) is 3.12. The maximum atomic E-state index is 13.1. The van der Waals surface area contributed by atoms with Gasteiger partial charge >= 0.3 is 6.09 Å². The molecule has 182 valence electrons. The van der Waals surface area contributed by atoms with Crippen LogP contribution in [0.2, 0.25) is 0 Å². The lowest BCUT2D eigenvalue weighted by Gasteiger charge is -2.29. The van der Waals surface area contributed by atoms with Crippen LogP contribution in [0.1, 0.15) is 54.6 Å². The van der Waals surface area contributed by atoms with E-state index in [1.165, 1.54) is 0 Å². The average Bonchev–Trinajstić information content (AvgIpc) is 2.85. The van der Waals surface area contributed by atoms with Gasteiger partial charge < -0.3 is 25.0 Å². The molecule has 0 saturated heterocycles. The van der Waals surface area contributed by atoms with E-state index in [4.69, 9.17) is 9.47 Å². The number of nitrogens with zero attached hydrogens (tertiary/aromatic N) is 3. The van der Waals surface area contributed by atoms with Crippen molar-refractivity contribution in [1.29, 1.82) is 0 Å². The zero-order chi connectivity index (χ0) is 24.3. The molecule has 3 rings (SSSR count). The number of fused-ring (bicyclic) bond motifs is 1. The Balaban J connectivity index is 1.65. The quantitative estimate of drug-likeness (QED) is 0.328. The minimum absolute atomic E-state index is 0.286. The molecule has 1 aromatic carbocycles. The van der Waals surface area contributed by atoms with Gasteiger partial charge in [-0.3, -0.25) is 4.79 Å². The number of allylic oxidation sites excluding steroid dienone is 3. The number of hydrogen-bond acceptors (Lipinski definition) is 7. The molecule has 0 saturated carbocycles. The summed E-state index contributed by atoms with van der Waals surface area (Å²) in [4.78, 5) is 26.9. The fourth-order valence-corrected chi connectivity index (χ4v) is 3.73. The number of carbonyl (C=O) groups excluding carboxylic acids is 2. The van der Waals surface area contributed by atoms with Gasteiger partial charge in [0.2, 0.25) is 0 Å². The van der Waals surface area contributed by atoms with Gasteiger partial charge in [-0.2, -0.15) is 10.2 Å². The number of ether oxygens (including phenoxy) is 2. The Morgan fingerprint density at radius 2 is 2.12 bits per heavy atom. The lowest BCUT2D eigenvalue weighted by Crippen LogP contribution is -2.45. The molecule has 2 aliphatic rings. The molecule has 2 N–H and O–H groups in total. The largest absolute Gasteiger partial charge is 0.496 e. The summed E-state index contributed by atoms with van der Waals surface area (Å²) in [7, 11) is 1.54. The number of hydrogen-bond donors (Lipinski definition) is 2. The molecule has 1 unspecified atom stereocenters. The fourth-order valence-electron chi connectivity index (χ4n) is 3.73. The van der Waals surface area contributed by atoms with Crippen LogP contribution in [0.3, 0.4) is 0 Å². The first-order valence-corrected chi connectivity index (χ1v) is 11.7. The SMILES string of the molecule is CCCCC=NN=CC1=CC=CC(NC(=O)c2cc3c(cc2OC)CCN(C(=O)OCC)C3)N1. The lowest BCUT2D eigenvalue weighted by molar-refractivity contribution is 0.0937. The van der Waals surface area contributed by atoms with Gasteiger partial charge in [-0.1, -0.05) is 19.4 Å². The number of methoxy groups -OCH3 is 1. The third-order valence-electron chi connectivity index (χ3n) is 5.52. The molecule has 0 aliphatic carbocycles. The predicted octanol–water partition coefficient (Wildman–Crippen LogP) is 3.56. The second-order valence-corrected chi connectivity index (χ2v) is 7.98. The topological polar surface area (TPSA) is 105 Å². The van der Waals surface area contributed by atoms with Gasteiger partial charge in [0.15, 0.2) is 0 Å². The van der Waals surface area contributed by atoms with Gasteiger partial charge in [0.25, 0.3) is 5.91 Å². The first-order chi connectivity index (χ1) is 16.5. The summed E-state index contributed by atoms with van der Waals surface area (Å²) in [6.45, 7) is 5.20. The maximum Gasteiger partial charge on any atom is 0.410 e. The van der Waals surface area contributed by atoms with E-state index in [1.807, 2.05) is 24.3 Å². The molecular formula is C25H33N5O4. The molecule has 1 aromatic rings. The molecule has 2 amide bonds. The number of nitrogens with one attached hydrogen (secondary N) is 2. The maximum absolute atomic E-state index is 13.1. The van der Waals surface area contributed by atoms with Crippen molar-refractivity contribution >= 4 is 24.4 Å². The summed E-state index contributed by atoms with van der Waals surface area (Å²) >= 11 is 0. The van der Waals surface area contributed by atoms with Crippen LogP contribution in [0.15, 0.2) is 46.3 Å². The van der Waals surface area contributed by atoms with Crippen LogP contribution in [0, 0.1) is 0 Å². The van der Waals surface area contributed by atoms with Gasteiger partial charge in [0, 0.05) is 19.3 Å². The van der Waals surface area contributed by atoms with Crippen molar-refractivity contribution < 1.29 is 19.1 Å². The van der Waals surface area contributed by atoms with E-state index in [1.54, 1.807) is 37.4 Å². The minimum atomic E-state index is -0.417. The van der Waals surface area contributed by atoms with E-state index in [-0.39, 0.29) is 12.0 Å². The van der Waals surface area contributed by atoms with Crippen LogP contribution in [-0.2, 0) is 17.7 Å². The third-order valence-corrected chi connectivity index (χ3v) is 5.52. The van der Waals surface area contributed by atoms with Crippen molar-refractivity contribution in [1.82, 2.24) is 15.5 Å². The molecular weight excluding hydrogens is 434 g/mol. The monoisotopic (exact) mass is 467 g/mol. The summed E-state index contributed by atoms with van der Waals surface area (Å²) in [5, 5.41) is 14.2. The smallest absolute Gasteiger partial charge is 0.410 e. The first kappa shape index (κ1) is 25.0. The zero-order valence-electron chi connectivity index (χ0n) is 20.0. The van der Waals surface area contributed by atoms with Crippen LogP contribution < -0.4 is 15.4 Å². The Morgan fingerprint density at radius 3 is 2.88 bits per heavy atom. The molecule has 34 heavy (non-hydrogen) atoms. The Bertz CT molecular complexity index is 999. The lowest BCUT2D eigenvalue weighted by atomic mass is 9.96. The number of unbranched alkanes of at least 4 members (excludes halogenated alkanes) is 2. The van der Waals surface area contributed by atoms with Crippen LogP contribution in [0.5, 0.6) is 5.75 Å². The summed E-state index contributed by atoms with van der Waals surface area (Å²) in [6.07, 6.45) is 12.0. The molecule has 2 heterocycles. The van der Waals surface area contributed by atoms with Crippen LogP contribution in [0.25, 0.3) is 0 Å². The number of rotatable bonds is 9. The number of carbonyl (C=O) groups is 2. The predicted molar refractivity (Wildman–Crippen MR) is 132 cm³/mol. The number of benzene rings is 1. The van der Waals surface area contributed by atoms with Gasteiger partial charge in [-0.05, 0) is 61.6 Å². The van der Waals surface area contributed by atoms with Crippen molar-refractivity contribution in [2.75, 3.05) is 20.3 Å². The van der Waals surface area contributed by atoms with E-state index in [9.17, 15) is 9.59 Å². The molecule has 9 heteroatoms. The number of dihydropyridines is 1. The van der Waals surface area contributed by atoms with E-state index in [0.29, 0.717) is 37.4 Å². The molecule has 1 atom stereocenters. The van der Waals surface area contributed by atoms with Crippen molar-refractivity contribution in [3.8, 4) is 5.75 Å². The molecule has 2 aliphatic heterocycles. The van der Waals surface area contributed by atoms with Crippen molar-refractivity contribution in [2.45, 2.75) is 52.2 Å². The second kappa shape index (κ2) is 12.6. The second-order valence-electron chi connectivity index (χ2n) is 7.98. The standard InChI is InChI=1S/C25H33N5O4/c1-4-6-7-12-26-27-16-20-9-8-10-23(28-20)29-24(31)21-14-19-17-30(25(32)34-5-2)13-11-18(19)15-22(21)33-3/h8-10,12,14-16,23,28H,4-7,11,13,17H2,1-3H3,(H,29,31). The van der Waals surface area contributed by atoms with Gasteiger partial charge in [0.1, 0.15) is 11.9 Å². The van der Waals surface area contributed by atoms with Gasteiger partial charge in [-0.15, -0.1) is 0 Å². The van der Waals surface area contributed by atoms with E-state index in [2.05, 4.69) is 27.8 Å². The number of amides is 2. The van der Waals surface area contributed by atoms with E-state index < -0.39 is 6.17 Å². The van der Waals surface area contributed by atoms with Crippen molar-refractivity contribution in [3.63, 3.8) is 0 Å². The van der Waals surface area contributed by atoms with Gasteiger partial charge in [0.05, 0.1) is 31.2 Å². The van der Waals surface area contributed by atoms with E-state index in [0.717, 1.165) is 36.1 Å². The molecule has 0 radical (unpaired) electrons. The average molecular weight is 468 g/mol. The van der Waals surface area contributed by atoms with E-state index >= 15 is 0 Å². The zero-order valence-corrected chi connectivity index (χ0v) is 20.0. The fraction of sp³-hybridized carbons (Fsp3) is 0.440. The minimum Gasteiger partial charge on any atom is -0.496 e. The molecule has 0 fully saturated rings. The van der Waals surface area contributed by atoms with Crippen LogP contribution in [-0.4, -0.2) is 55.8 Å². The summed E-state index contributed by atoms with van der Waals surface area (Å²) < 4.78 is 10.6. The van der Waals surface area contributed by atoms with Crippen LogP contribution in [0.4, 0.5) is 4.79 Å². The Hall–Kier alpha value is -3.62. The highest BCUT2D eigenvalue weighted by atomic mass is 16.6. The highest BCUT2D eigenvalue weighted by molar-refractivity contribution is 5.97.